The highest BCUT2D eigenvalue weighted by Gasteiger charge is 2.57. The Morgan fingerprint density at radius 3 is 1.77 bits per heavy atom. The first-order chi connectivity index (χ1) is 19.3. The zero-order valence-corrected chi connectivity index (χ0v) is 23.2. The number of carbonyl (C=O) groups is 2. The smallest absolute Gasteiger partial charge is 0.337 e. The fourth-order valence-electron chi connectivity index (χ4n) is 3.63. The van der Waals surface area contributed by atoms with Crippen LogP contribution in [0.15, 0.2) is 36.4 Å². The molecule has 238 valence electrons. The molecule has 0 aliphatic carbocycles. The summed E-state index contributed by atoms with van der Waals surface area (Å²) >= 11 is 17.3. The Morgan fingerprint density at radius 1 is 0.814 bits per heavy atom. The van der Waals surface area contributed by atoms with Crippen molar-refractivity contribution in [1.29, 1.82) is 0 Å². The van der Waals surface area contributed by atoms with Gasteiger partial charge in [-0.2, -0.15) is 52.7 Å². The molecular weight excluding hydrogens is 681 g/mol. The topological polar surface area (TPSA) is 46.2 Å². The largest absolute Gasteiger partial charge is 0.417 e. The number of nitrogens with one attached hydrogen (secondary N) is 1. The number of allylic oxidation sites excluding steroid dienone is 1. The Labute approximate surface area is 249 Å². The second kappa shape index (κ2) is 13.1. The SMILES string of the molecule is CC(CC(=O)c1ccc(/C=C/C(c2cc(Cl)c(Cl)c(Cl)c2)C(F)(F)F)cc1C(F)(F)F)C(=O)NC(C(F)(F)F)C(F)(F)F. The molecule has 2 unspecified atom stereocenters. The minimum absolute atomic E-state index is 0.237. The first-order valence-corrected chi connectivity index (χ1v) is 12.5. The van der Waals surface area contributed by atoms with Crippen LogP contribution >= 0.6 is 34.8 Å². The fourth-order valence-corrected chi connectivity index (χ4v) is 4.24. The number of hydrogen-bond donors (Lipinski definition) is 1. The summed E-state index contributed by atoms with van der Waals surface area (Å²) < 4.78 is 159. The van der Waals surface area contributed by atoms with E-state index in [1.165, 1.54) is 0 Å². The Bertz CT molecular complexity index is 1340. The van der Waals surface area contributed by atoms with Crippen molar-refractivity contribution in [3.8, 4) is 0 Å². The maximum Gasteiger partial charge on any atom is 0.417 e. The highest BCUT2D eigenvalue weighted by atomic mass is 35.5. The summed E-state index contributed by atoms with van der Waals surface area (Å²) in [4.78, 5) is 24.5. The molecule has 0 aromatic heterocycles. The van der Waals surface area contributed by atoms with Crippen molar-refractivity contribution < 1.29 is 62.3 Å². The lowest BCUT2D eigenvalue weighted by Gasteiger charge is -2.25. The second-order valence-electron chi connectivity index (χ2n) is 9.03. The summed E-state index contributed by atoms with van der Waals surface area (Å²) in [6.45, 7) is 0.716. The van der Waals surface area contributed by atoms with Crippen LogP contribution in [-0.4, -0.2) is 36.3 Å². The van der Waals surface area contributed by atoms with Crippen LogP contribution in [0.25, 0.3) is 6.08 Å². The predicted molar refractivity (Wildman–Crippen MR) is 133 cm³/mol. The summed E-state index contributed by atoms with van der Waals surface area (Å²) in [5.74, 6) is -7.76. The molecule has 0 saturated heterocycles. The molecule has 0 aliphatic heterocycles. The lowest BCUT2D eigenvalue weighted by Crippen LogP contribution is -2.55. The molecule has 2 rings (SSSR count). The maximum atomic E-state index is 13.8. The minimum atomic E-state index is -5.96. The third-order valence-electron chi connectivity index (χ3n) is 5.73. The van der Waals surface area contributed by atoms with Gasteiger partial charge in [0.2, 0.25) is 11.9 Å². The Hall–Kier alpha value is -2.65. The van der Waals surface area contributed by atoms with Gasteiger partial charge in [0.25, 0.3) is 0 Å². The number of carbonyl (C=O) groups excluding carboxylic acids is 2. The number of benzene rings is 2. The monoisotopic (exact) mass is 695 g/mol. The number of rotatable bonds is 8. The van der Waals surface area contributed by atoms with E-state index in [9.17, 15) is 62.3 Å². The van der Waals surface area contributed by atoms with Gasteiger partial charge in [-0.25, -0.2) is 0 Å². The molecule has 0 aliphatic rings. The average Bonchev–Trinajstić information content (AvgIpc) is 2.82. The molecule has 3 nitrogen and oxygen atoms in total. The number of ketones is 1. The van der Waals surface area contributed by atoms with E-state index < -0.39 is 82.9 Å². The van der Waals surface area contributed by atoms with Gasteiger partial charge in [0, 0.05) is 17.9 Å². The van der Waals surface area contributed by atoms with E-state index in [4.69, 9.17) is 34.8 Å². The molecule has 1 N–H and O–H groups in total. The van der Waals surface area contributed by atoms with Crippen molar-refractivity contribution in [3.05, 3.63) is 73.7 Å². The van der Waals surface area contributed by atoms with Crippen LogP contribution in [0, 0.1) is 5.92 Å². The molecule has 2 aromatic carbocycles. The first-order valence-electron chi connectivity index (χ1n) is 11.4. The van der Waals surface area contributed by atoms with E-state index in [2.05, 4.69) is 0 Å². The summed E-state index contributed by atoms with van der Waals surface area (Å²) in [6.07, 6.45) is -22.3. The van der Waals surface area contributed by atoms with Crippen molar-refractivity contribution in [3.63, 3.8) is 0 Å². The second-order valence-corrected chi connectivity index (χ2v) is 10.2. The first kappa shape index (κ1) is 36.5. The van der Waals surface area contributed by atoms with Gasteiger partial charge in [-0.3, -0.25) is 9.59 Å². The van der Waals surface area contributed by atoms with Gasteiger partial charge in [0.05, 0.1) is 26.5 Å². The molecule has 43 heavy (non-hydrogen) atoms. The van der Waals surface area contributed by atoms with Crippen molar-refractivity contribution >= 4 is 52.6 Å². The number of alkyl halides is 12. The Balaban J connectivity index is 2.39. The quantitative estimate of drug-likeness (QED) is 0.170. The summed E-state index contributed by atoms with van der Waals surface area (Å²) in [7, 11) is 0. The lowest BCUT2D eigenvalue weighted by atomic mass is 9.93. The van der Waals surface area contributed by atoms with Gasteiger partial charge in [0.15, 0.2) is 5.78 Å². The number of Topliss-reactive ketones (excluding diaryl/α,β-unsaturated/α-hetero) is 1. The van der Waals surface area contributed by atoms with Crippen molar-refractivity contribution in [2.75, 3.05) is 0 Å². The average molecular weight is 697 g/mol. The maximum absolute atomic E-state index is 13.8. The molecule has 0 saturated carbocycles. The molecule has 2 aromatic rings. The number of amides is 1. The van der Waals surface area contributed by atoms with Crippen molar-refractivity contribution in [1.82, 2.24) is 5.32 Å². The van der Waals surface area contributed by atoms with E-state index in [1.807, 2.05) is 0 Å². The van der Waals surface area contributed by atoms with Crippen LogP contribution in [-0.2, 0) is 11.0 Å². The third-order valence-corrected chi connectivity index (χ3v) is 6.93. The van der Waals surface area contributed by atoms with E-state index in [0.717, 1.165) is 18.2 Å². The molecule has 18 heteroatoms. The van der Waals surface area contributed by atoms with Crippen molar-refractivity contribution in [2.45, 2.75) is 50.0 Å². The molecule has 0 heterocycles. The molecule has 0 radical (unpaired) electrons. The van der Waals surface area contributed by atoms with Crippen LogP contribution < -0.4 is 5.32 Å². The van der Waals surface area contributed by atoms with Gasteiger partial charge >= 0.3 is 24.7 Å². The Kier molecular flexibility index (Phi) is 11.2. The predicted octanol–water partition coefficient (Wildman–Crippen LogP) is 9.84. The number of hydrogen-bond acceptors (Lipinski definition) is 2. The fraction of sp³-hybridized carbons (Fsp3) is 0.360. The number of halogens is 15. The zero-order chi connectivity index (χ0) is 33.3. The van der Waals surface area contributed by atoms with E-state index >= 15 is 0 Å². The van der Waals surface area contributed by atoms with E-state index in [0.29, 0.717) is 36.5 Å². The molecule has 2 atom stereocenters. The molecule has 1 amide bonds. The van der Waals surface area contributed by atoms with Crippen LogP contribution in [0.3, 0.4) is 0 Å². The summed E-state index contributed by atoms with van der Waals surface area (Å²) in [5, 5.41) is -0.213. The van der Waals surface area contributed by atoms with Crippen molar-refractivity contribution in [2.24, 2.45) is 5.92 Å². The summed E-state index contributed by atoms with van der Waals surface area (Å²) in [5.41, 5.74) is -3.79. The summed E-state index contributed by atoms with van der Waals surface area (Å²) in [6, 6.07) is -0.936. The molecule has 0 bridgehead atoms. The normalized spacial score (nSPS) is 14.7. The third kappa shape index (κ3) is 9.67. The van der Waals surface area contributed by atoms with E-state index in [-0.39, 0.29) is 15.1 Å². The van der Waals surface area contributed by atoms with Crippen LogP contribution in [0.4, 0.5) is 52.7 Å². The van der Waals surface area contributed by atoms with Gasteiger partial charge < -0.3 is 5.32 Å². The van der Waals surface area contributed by atoms with Gasteiger partial charge in [-0.1, -0.05) is 66.0 Å². The van der Waals surface area contributed by atoms with Gasteiger partial charge in [0.1, 0.15) is 0 Å². The van der Waals surface area contributed by atoms with Crippen LogP contribution in [0.5, 0.6) is 0 Å². The highest BCUT2D eigenvalue weighted by molar-refractivity contribution is 6.48. The van der Waals surface area contributed by atoms with Gasteiger partial charge in [-0.05, 0) is 29.3 Å². The highest BCUT2D eigenvalue weighted by Crippen LogP contribution is 2.41. The van der Waals surface area contributed by atoms with Crippen LogP contribution in [0.2, 0.25) is 15.1 Å². The molecular formula is C25H16Cl3F12NO2. The van der Waals surface area contributed by atoms with Crippen LogP contribution in [0.1, 0.15) is 46.3 Å². The minimum Gasteiger partial charge on any atom is -0.337 e. The van der Waals surface area contributed by atoms with E-state index in [1.54, 1.807) is 0 Å². The lowest BCUT2D eigenvalue weighted by molar-refractivity contribution is -0.257. The zero-order valence-electron chi connectivity index (χ0n) is 21.0. The molecule has 0 spiro atoms. The Morgan fingerprint density at radius 2 is 1.33 bits per heavy atom. The standard InChI is InChI=1S/C25H16Cl3F12NO2/c1-10(20(43)41-21(24(35,36)37)25(38,39)40)6-18(42)13-4-2-11(7-15(13)23(32,33)34)3-5-14(22(29,30)31)12-8-16(26)19(28)17(27)9-12/h2-5,7-10,14,21H,6H2,1H3,(H,41,43)/b5-3+. The molecule has 0 fully saturated rings. The van der Waals surface area contributed by atoms with Gasteiger partial charge in [-0.15, -0.1) is 0 Å².